The van der Waals surface area contributed by atoms with Gasteiger partial charge in [0, 0.05) is 17.8 Å². The van der Waals surface area contributed by atoms with Crippen molar-refractivity contribution in [1.29, 1.82) is 0 Å². The maximum Gasteiger partial charge on any atom is 0.315 e. The van der Waals surface area contributed by atoms with Crippen LogP contribution in [0.1, 0.15) is 12.5 Å². The molecule has 0 heterocycles. The molecule has 22 heavy (non-hydrogen) atoms. The van der Waals surface area contributed by atoms with E-state index < -0.39 is 23.5 Å². The Bertz CT molecular complexity index is 490. The van der Waals surface area contributed by atoms with Crippen LogP contribution >= 0.6 is 11.8 Å². The zero-order chi connectivity index (χ0) is 16.7. The minimum atomic E-state index is -1.50. The molecule has 0 spiro atoms. The average molecular weight is 336 g/mol. The van der Waals surface area contributed by atoms with Gasteiger partial charge in [-0.25, -0.2) is 18.0 Å². The minimum Gasteiger partial charge on any atom is -0.395 e. The maximum absolute atomic E-state index is 13.0. The molecule has 0 aliphatic rings. The Morgan fingerprint density at radius 3 is 2.41 bits per heavy atom. The molecule has 0 aromatic heterocycles. The van der Waals surface area contributed by atoms with Crippen LogP contribution in [0.5, 0.6) is 0 Å². The normalized spacial score (nSPS) is 13.5. The molecule has 2 atom stereocenters. The molecule has 4 nitrogen and oxygen atoms in total. The van der Waals surface area contributed by atoms with E-state index in [0.717, 1.165) is 12.1 Å². The molecule has 8 heteroatoms. The molecular formula is C14H19F3N2O2S. The molecule has 0 bridgehead atoms. The summed E-state index contributed by atoms with van der Waals surface area (Å²) < 4.78 is 38.8. The van der Waals surface area contributed by atoms with Gasteiger partial charge < -0.3 is 15.7 Å². The van der Waals surface area contributed by atoms with E-state index in [1.54, 1.807) is 6.92 Å². The lowest BCUT2D eigenvalue weighted by molar-refractivity contribution is 0.232. The number of rotatable bonds is 7. The fraction of sp³-hybridized carbons (Fsp3) is 0.500. The minimum absolute atomic E-state index is 0.0588. The van der Waals surface area contributed by atoms with Crippen molar-refractivity contribution >= 4 is 17.8 Å². The first-order valence-corrected chi connectivity index (χ1v) is 7.99. The van der Waals surface area contributed by atoms with Crippen molar-refractivity contribution in [1.82, 2.24) is 10.6 Å². The number of hydrogen-bond acceptors (Lipinski definition) is 3. The molecule has 0 radical (unpaired) electrons. The zero-order valence-electron chi connectivity index (χ0n) is 12.3. The van der Waals surface area contributed by atoms with Gasteiger partial charge in [-0.3, -0.25) is 0 Å². The number of halogens is 3. The number of hydrogen-bond donors (Lipinski definition) is 3. The number of carbonyl (C=O) groups excluding carboxylic acids is 1. The number of benzene rings is 1. The van der Waals surface area contributed by atoms with Crippen LogP contribution in [-0.4, -0.2) is 41.8 Å². The van der Waals surface area contributed by atoms with Gasteiger partial charge in [-0.15, -0.1) is 0 Å². The van der Waals surface area contributed by atoms with Gasteiger partial charge in [0.1, 0.15) is 0 Å². The summed E-state index contributed by atoms with van der Waals surface area (Å²) in [7, 11) is 0. The highest BCUT2D eigenvalue weighted by Gasteiger charge is 2.17. The third-order valence-corrected chi connectivity index (χ3v) is 4.30. The molecule has 3 N–H and O–H groups in total. The lowest BCUT2D eigenvalue weighted by Crippen LogP contribution is -2.46. The van der Waals surface area contributed by atoms with Crippen molar-refractivity contribution in [2.24, 2.45) is 0 Å². The van der Waals surface area contributed by atoms with Crippen LogP contribution in [-0.2, 0) is 6.42 Å². The van der Waals surface area contributed by atoms with Gasteiger partial charge in [0.25, 0.3) is 0 Å². The Kier molecular flexibility index (Phi) is 7.53. The van der Waals surface area contributed by atoms with Crippen molar-refractivity contribution in [3.8, 4) is 0 Å². The van der Waals surface area contributed by atoms with Gasteiger partial charge in [-0.1, -0.05) is 0 Å². The fourth-order valence-corrected chi connectivity index (χ4v) is 2.49. The predicted molar refractivity (Wildman–Crippen MR) is 80.4 cm³/mol. The first kappa shape index (κ1) is 18.6. The first-order valence-electron chi connectivity index (χ1n) is 6.70. The molecule has 1 rings (SSSR count). The lowest BCUT2D eigenvalue weighted by Gasteiger charge is -2.21. The SMILES string of the molecule is CSC(CO)C(C)NC(=O)NCCc1cc(F)c(F)c(F)c1. The van der Waals surface area contributed by atoms with Crippen molar-refractivity contribution in [3.63, 3.8) is 0 Å². The molecule has 124 valence electrons. The molecule has 1 aromatic carbocycles. The van der Waals surface area contributed by atoms with Crippen molar-refractivity contribution in [2.45, 2.75) is 24.6 Å². The molecule has 1 aromatic rings. The summed E-state index contributed by atoms with van der Waals surface area (Å²) in [5, 5.41) is 14.2. The largest absolute Gasteiger partial charge is 0.395 e. The van der Waals surface area contributed by atoms with Crippen molar-refractivity contribution in [3.05, 3.63) is 35.1 Å². The lowest BCUT2D eigenvalue weighted by atomic mass is 10.1. The Labute approximate surface area is 131 Å². The second kappa shape index (κ2) is 8.89. The van der Waals surface area contributed by atoms with Crippen LogP contribution in [0.3, 0.4) is 0 Å². The molecule has 0 saturated heterocycles. The standard InChI is InChI=1S/C14H19F3N2O2S/c1-8(12(7-20)22-2)19-14(21)18-4-3-9-5-10(15)13(17)11(16)6-9/h5-6,8,12,20H,3-4,7H2,1-2H3,(H2,18,19,21). The van der Waals surface area contributed by atoms with E-state index in [2.05, 4.69) is 10.6 Å². The van der Waals surface area contributed by atoms with Crippen LogP contribution in [0.25, 0.3) is 0 Å². The summed E-state index contributed by atoms with van der Waals surface area (Å²) in [6.07, 6.45) is 2.00. The summed E-state index contributed by atoms with van der Waals surface area (Å²) in [6, 6.07) is 1.12. The molecule has 0 aliphatic carbocycles. The van der Waals surface area contributed by atoms with E-state index in [0.29, 0.717) is 0 Å². The topological polar surface area (TPSA) is 61.4 Å². The third-order valence-electron chi connectivity index (χ3n) is 3.14. The number of carbonyl (C=O) groups is 1. The summed E-state index contributed by atoms with van der Waals surface area (Å²) in [5.41, 5.74) is 0.252. The Balaban J connectivity index is 2.42. The maximum atomic E-state index is 13.0. The number of aliphatic hydroxyl groups is 1. The second-order valence-corrected chi connectivity index (χ2v) is 5.85. The van der Waals surface area contributed by atoms with E-state index in [4.69, 9.17) is 5.11 Å². The van der Waals surface area contributed by atoms with Crippen molar-refractivity contribution < 1.29 is 23.1 Å². The second-order valence-electron chi connectivity index (χ2n) is 4.77. The first-order chi connectivity index (χ1) is 10.4. The third kappa shape index (κ3) is 5.42. The van der Waals surface area contributed by atoms with E-state index in [1.165, 1.54) is 11.8 Å². The predicted octanol–water partition coefficient (Wildman–Crippen LogP) is 2.06. The highest BCUT2D eigenvalue weighted by atomic mass is 32.2. The van der Waals surface area contributed by atoms with Gasteiger partial charge in [0.15, 0.2) is 17.5 Å². The van der Waals surface area contributed by atoms with Crippen LogP contribution in [0, 0.1) is 17.5 Å². The number of urea groups is 1. The summed E-state index contributed by atoms with van der Waals surface area (Å²) in [6.45, 7) is 1.85. The van der Waals surface area contributed by atoms with Gasteiger partial charge in [-0.05, 0) is 37.3 Å². The molecule has 0 aliphatic heterocycles. The van der Waals surface area contributed by atoms with Gasteiger partial charge in [0.05, 0.1) is 6.61 Å². The number of aliphatic hydroxyl groups excluding tert-OH is 1. The Hall–Kier alpha value is -1.41. The monoisotopic (exact) mass is 336 g/mol. The molecule has 0 fully saturated rings. The van der Waals surface area contributed by atoms with E-state index in [1.807, 2.05) is 6.26 Å². The van der Waals surface area contributed by atoms with Crippen LogP contribution in [0.4, 0.5) is 18.0 Å². The number of thioether (sulfide) groups is 1. The van der Waals surface area contributed by atoms with Gasteiger partial charge >= 0.3 is 6.03 Å². The summed E-state index contributed by atoms with van der Waals surface area (Å²) >= 11 is 1.43. The van der Waals surface area contributed by atoms with E-state index >= 15 is 0 Å². The van der Waals surface area contributed by atoms with E-state index in [9.17, 15) is 18.0 Å². The summed E-state index contributed by atoms with van der Waals surface area (Å²) in [4.78, 5) is 11.6. The molecular weight excluding hydrogens is 317 g/mol. The zero-order valence-corrected chi connectivity index (χ0v) is 13.1. The molecule has 2 unspecified atom stereocenters. The summed E-state index contributed by atoms with van der Waals surface area (Å²) in [5.74, 6) is -4.01. The average Bonchev–Trinajstić information content (AvgIpc) is 2.45. The molecule has 0 saturated carbocycles. The molecule has 2 amide bonds. The number of amides is 2. The highest BCUT2D eigenvalue weighted by Crippen LogP contribution is 2.13. The van der Waals surface area contributed by atoms with Crippen LogP contribution in [0.15, 0.2) is 12.1 Å². The Morgan fingerprint density at radius 1 is 1.32 bits per heavy atom. The highest BCUT2D eigenvalue weighted by molar-refractivity contribution is 7.99. The smallest absolute Gasteiger partial charge is 0.315 e. The quantitative estimate of drug-likeness (QED) is 0.668. The van der Waals surface area contributed by atoms with E-state index in [-0.39, 0.29) is 36.4 Å². The Morgan fingerprint density at radius 2 is 1.91 bits per heavy atom. The van der Waals surface area contributed by atoms with Crippen LogP contribution in [0.2, 0.25) is 0 Å². The van der Waals surface area contributed by atoms with Crippen molar-refractivity contribution in [2.75, 3.05) is 19.4 Å². The van der Waals surface area contributed by atoms with Crippen LogP contribution < -0.4 is 10.6 Å². The van der Waals surface area contributed by atoms with Gasteiger partial charge in [-0.2, -0.15) is 11.8 Å². The fourth-order valence-electron chi connectivity index (χ4n) is 1.86. The number of nitrogens with one attached hydrogen (secondary N) is 2. The van der Waals surface area contributed by atoms with Gasteiger partial charge in [0.2, 0.25) is 0 Å².